The minimum absolute atomic E-state index is 0.158. The molecule has 8 rings (SSSR count). The third-order valence-electron chi connectivity index (χ3n) is 8.46. The Labute approximate surface area is 227 Å². The number of nitrogens with zero attached hydrogens (tertiary/aromatic N) is 2. The van der Waals surface area contributed by atoms with Gasteiger partial charge in [-0.2, -0.15) is 0 Å². The largest absolute Gasteiger partial charge is 0.256 e. The van der Waals surface area contributed by atoms with Gasteiger partial charge < -0.3 is 0 Å². The molecule has 0 atom stereocenters. The van der Waals surface area contributed by atoms with Gasteiger partial charge in [0.25, 0.3) is 0 Å². The molecule has 0 saturated heterocycles. The molecule has 0 saturated carbocycles. The van der Waals surface area contributed by atoms with E-state index in [0.717, 1.165) is 27.7 Å². The first-order valence-corrected chi connectivity index (χ1v) is 13.5. The molecule has 7 aromatic rings. The Hall–Kier alpha value is -4.82. The predicted octanol–water partition coefficient (Wildman–Crippen LogP) is 9.58. The van der Waals surface area contributed by atoms with Crippen molar-refractivity contribution < 1.29 is 0 Å². The molecule has 2 heterocycles. The molecule has 184 valence electrons. The Bertz CT molecular complexity index is 2080. The van der Waals surface area contributed by atoms with Crippen molar-refractivity contribution in [2.45, 2.75) is 19.3 Å². The predicted molar refractivity (Wildman–Crippen MR) is 163 cm³/mol. The van der Waals surface area contributed by atoms with Crippen LogP contribution in [-0.4, -0.2) is 9.97 Å². The molecule has 1 aliphatic carbocycles. The minimum atomic E-state index is -0.158. The standard InChI is InChI=1S/C37H26N2/c1-37(2)31-13-7-6-12-29(31)36-34(37)33(30-20-19-24-9-3-5-11-28(24)35(30)39-36)25-17-15-23(16-18-25)27-21-26-10-4-8-14-32(26)38-22-27/h3-22H,1-2H3. The average molecular weight is 499 g/mol. The topological polar surface area (TPSA) is 25.8 Å². The lowest BCUT2D eigenvalue weighted by molar-refractivity contribution is 0.662. The second kappa shape index (κ2) is 8.09. The molecule has 5 aromatic carbocycles. The second-order valence-corrected chi connectivity index (χ2v) is 11.1. The molecule has 0 N–H and O–H groups in total. The molecule has 0 fully saturated rings. The third kappa shape index (κ3) is 3.21. The number of pyridine rings is 2. The summed E-state index contributed by atoms with van der Waals surface area (Å²) in [5.74, 6) is 0. The molecule has 2 aromatic heterocycles. The molecule has 0 unspecified atom stereocenters. The molecule has 2 nitrogen and oxygen atoms in total. The van der Waals surface area contributed by atoms with Gasteiger partial charge in [-0.25, -0.2) is 4.98 Å². The highest BCUT2D eigenvalue weighted by atomic mass is 14.7. The Morgan fingerprint density at radius 2 is 1.31 bits per heavy atom. The van der Waals surface area contributed by atoms with Crippen LogP contribution in [0.2, 0.25) is 0 Å². The molecule has 0 bridgehead atoms. The van der Waals surface area contributed by atoms with Crippen LogP contribution in [0.4, 0.5) is 0 Å². The summed E-state index contributed by atoms with van der Waals surface area (Å²) >= 11 is 0. The molecular formula is C37H26N2. The van der Waals surface area contributed by atoms with E-state index < -0.39 is 0 Å². The lowest BCUT2D eigenvalue weighted by Crippen LogP contribution is -2.16. The summed E-state index contributed by atoms with van der Waals surface area (Å²) in [6, 6.07) is 41.4. The van der Waals surface area contributed by atoms with E-state index in [9.17, 15) is 0 Å². The van der Waals surface area contributed by atoms with Crippen molar-refractivity contribution in [2.24, 2.45) is 0 Å². The van der Waals surface area contributed by atoms with Crippen LogP contribution in [0.25, 0.3) is 66.1 Å². The first-order valence-electron chi connectivity index (χ1n) is 13.5. The van der Waals surface area contributed by atoms with Crippen molar-refractivity contribution in [1.82, 2.24) is 9.97 Å². The van der Waals surface area contributed by atoms with Gasteiger partial charge in [-0.3, -0.25) is 4.98 Å². The van der Waals surface area contributed by atoms with E-state index in [-0.39, 0.29) is 5.41 Å². The molecule has 0 amide bonds. The highest BCUT2D eigenvalue weighted by Gasteiger charge is 2.39. The first kappa shape index (κ1) is 22.2. The minimum Gasteiger partial charge on any atom is -0.256 e. The lowest BCUT2D eigenvalue weighted by atomic mass is 9.78. The van der Waals surface area contributed by atoms with Crippen LogP contribution in [-0.2, 0) is 5.41 Å². The van der Waals surface area contributed by atoms with Gasteiger partial charge in [-0.05, 0) is 45.3 Å². The van der Waals surface area contributed by atoms with Crippen molar-refractivity contribution in [1.29, 1.82) is 0 Å². The fourth-order valence-electron chi connectivity index (χ4n) is 6.53. The van der Waals surface area contributed by atoms with Crippen LogP contribution in [0, 0.1) is 0 Å². The van der Waals surface area contributed by atoms with E-state index in [0.29, 0.717) is 0 Å². The van der Waals surface area contributed by atoms with Gasteiger partial charge in [0, 0.05) is 38.9 Å². The summed E-state index contributed by atoms with van der Waals surface area (Å²) in [4.78, 5) is 10.1. The second-order valence-electron chi connectivity index (χ2n) is 11.1. The summed E-state index contributed by atoms with van der Waals surface area (Å²) in [6.45, 7) is 4.68. The maximum Gasteiger partial charge on any atom is 0.0794 e. The van der Waals surface area contributed by atoms with Crippen LogP contribution >= 0.6 is 0 Å². The van der Waals surface area contributed by atoms with Crippen LogP contribution < -0.4 is 0 Å². The highest BCUT2D eigenvalue weighted by Crippen LogP contribution is 2.53. The first-order chi connectivity index (χ1) is 19.1. The summed E-state index contributed by atoms with van der Waals surface area (Å²) in [5.41, 5.74) is 11.7. The number of hydrogen-bond donors (Lipinski definition) is 0. The fourth-order valence-corrected chi connectivity index (χ4v) is 6.53. The SMILES string of the molecule is CC1(C)c2ccccc2-c2nc3c(ccc4ccccc43)c(-c3ccc(-c4cnc5ccccc5c4)cc3)c21. The van der Waals surface area contributed by atoms with Crippen LogP contribution in [0.5, 0.6) is 0 Å². The average Bonchev–Trinajstić information content (AvgIpc) is 3.22. The molecule has 2 heteroatoms. The van der Waals surface area contributed by atoms with Crippen LogP contribution in [0.1, 0.15) is 25.0 Å². The van der Waals surface area contributed by atoms with E-state index in [2.05, 4.69) is 128 Å². The van der Waals surface area contributed by atoms with Crippen molar-refractivity contribution >= 4 is 32.6 Å². The van der Waals surface area contributed by atoms with Gasteiger partial charge in [0.2, 0.25) is 0 Å². The van der Waals surface area contributed by atoms with Crippen molar-refractivity contribution in [3.8, 4) is 33.5 Å². The van der Waals surface area contributed by atoms with Crippen LogP contribution in [0.15, 0.2) is 121 Å². The summed E-state index contributed by atoms with van der Waals surface area (Å²) in [6.07, 6.45) is 1.97. The Morgan fingerprint density at radius 1 is 0.590 bits per heavy atom. The Morgan fingerprint density at radius 3 is 2.18 bits per heavy atom. The monoisotopic (exact) mass is 498 g/mol. The van der Waals surface area contributed by atoms with E-state index in [1.807, 2.05) is 12.3 Å². The molecular weight excluding hydrogens is 472 g/mol. The summed E-state index contributed by atoms with van der Waals surface area (Å²) < 4.78 is 0. The zero-order valence-electron chi connectivity index (χ0n) is 21.9. The van der Waals surface area contributed by atoms with Gasteiger partial charge in [0.1, 0.15) is 0 Å². The van der Waals surface area contributed by atoms with Gasteiger partial charge >= 0.3 is 0 Å². The Kier molecular flexibility index (Phi) is 4.60. The highest BCUT2D eigenvalue weighted by molar-refractivity contribution is 6.13. The number of fused-ring (bicyclic) bond motifs is 7. The van der Waals surface area contributed by atoms with Crippen LogP contribution in [0.3, 0.4) is 0 Å². The molecule has 1 aliphatic rings. The smallest absolute Gasteiger partial charge is 0.0794 e. The number of aromatic nitrogens is 2. The molecule has 39 heavy (non-hydrogen) atoms. The van der Waals surface area contributed by atoms with Gasteiger partial charge in [-0.1, -0.05) is 117 Å². The van der Waals surface area contributed by atoms with Crippen molar-refractivity contribution in [3.05, 3.63) is 133 Å². The number of hydrogen-bond acceptors (Lipinski definition) is 2. The molecule has 0 aliphatic heterocycles. The summed E-state index contributed by atoms with van der Waals surface area (Å²) in [5, 5.41) is 4.77. The third-order valence-corrected chi connectivity index (χ3v) is 8.46. The van der Waals surface area contributed by atoms with E-state index >= 15 is 0 Å². The zero-order chi connectivity index (χ0) is 26.1. The van der Waals surface area contributed by atoms with Gasteiger partial charge in [0.05, 0.1) is 16.7 Å². The van der Waals surface area contributed by atoms with E-state index in [4.69, 9.17) is 4.98 Å². The number of para-hydroxylation sites is 1. The molecule has 0 spiro atoms. The quantitative estimate of drug-likeness (QED) is 0.222. The van der Waals surface area contributed by atoms with Gasteiger partial charge in [-0.15, -0.1) is 0 Å². The Balaban J connectivity index is 1.39. The normalized spacial score (nSPS) is 13.6. The van der Waals surface area contributed by atoms with Crippen molar-refractivity contribution in [3.63, 3.8) is 0 Å². The number of benzene rings is 5. The van der Waals surface area contributed by atoms with Gasteiger partial charge in [0.15, 0.2) is 0 Å². The zero-order valence-corrected chi connectivity index (χ0v) is 21.9. The number of rotatable bonds is 2. The maximum atomic E-state index is 5.39. The van der Waals surface area contributed by atoms with E-state index in [1.165, 1.54) is 49.5 Å². The summed E-state index contributed by atoms with van der Waals surface area (Å²) in [7, 11) is 0. The molecule has 0 radical (unpaired) electrons. The van der Waals surface area contributed by atoms with E-state index in [1.54, 1.807) is 0 Å². The van der Waals surface area contributed by atoms with Crippen molar-refractivity contribution in [2.75, 3.05) is 0 Å². The fraction of sp³-hybridized carbons (Fsp3) is 0.0811. The lowest BCUT2D eigenvalue weighted by Gasteiger charge is -2.25. The maximum absolute atomic E-state index is 5.39.